The first-order valence-electron chi connectivity index (χ1n) is 7.56. The number of thioether (sulfide) groups is 1. The Hall–Kier alpha value is -1.22. The highest BCUT2D eigenvalue weighted by Gasteiger charge is 2.54. The van der Waals surface area contributed by atoms with Gasteiger partial charge in [0.05, 0.1) is 0 Å². The normalized spacial score (nSPS) is 32.1. The Morgan fingerprint density at radius 3 is 3.00 bits per heavy atom. The molecule has 2 heterocycles. The fourth-order valence-corrected chi connectivity index (χ4v) is 5.60. The maximum absolute atomic E-state index is 12.8. The largest absolute Gasteiger partial charge is 0.319 e. The molecule has 1 saturated heterocycles. The van der Waals surface area contributed by atoms with Crippen molar-refractivity contribution >= 4 is 17.7 Å². The Balaban J connectivity index is 1.90. The van der Waals surface area contributed by atoms with E-state index in [1.165, 1.54) is 24.8 Å². The molecule has 0 radical (unpaired) electrons. The van der Waals surface area contributed by atoms with E-state index < -0.39 is 0 Å². The first kappa shape index (κ1) is 12.5. The van der Waals surface area contributed by atoms with Gasteiger partial charge in [-0.15, -0.1) is 11.8 Å². The number of carbonyl (C=O) groups is 1. The van der Waals surface area contributed by atoms with Gasteiger partial charge in [-0.1, -0.05) is 30.4 Å². The summed E-state index contributed by atoms with van der Waals surface area (Å²) in [6.07, 6.45) is 9.41. The molecule has 1 fully saturated rings. The standard InChI is InChI=1S/C17H19NOS/c19-16-14-9-4-5-10-15(14)17(13-7-2-1-3-8-13)18(16)11-6-12-20-17/h2,4-5,7,9-10,13H,1,3,6,8,11-12H2. The quantitative estimate of drug-likeness (QED) is 0.732. The number of nitrogens with zero attached hydrogens (tertiary/aromatic N) is 1. The summed E-state index contributed by atoms with van der Waals surface area (Å²) in [6.45, 7) is 0.908. The number of allylic oxidation sites excluding steroid dienone is 1. The Labute approximate surface area is 124 Å². The molecule has 104 valence electrons. The van der Waals surface area contributed by atoms with Crippen molar-refractivity contribution in [3.05, 3.63) is 47.5 Å². The predicted molar refractivity (Wildman–Crippen MR) is 82.7 cm³/mol. The third-order valence-corrected chi connectivity index (χ3v) is 6.47. The van der Waals surface area contributed by atoms with Gasteiger partial charge in [-0.2, -0.15) is 0 Å². The monoisotopic (exact) mass is 285 g/mol. The summed E-state index contributed by atoms with van der Waals surface area (Å²) in [7, 11) is 0. The van der Waals surface area contributed by atoms with Crippen LogP contribution in [0.4, 0.5) is 0 Å². The third-order valence-electron chi connectivity index (χ3n) is 4.79. The molecule has 2 aliphatic heterocycles. The lowest BCUT2D eigenvalue weighted by Crippen LogP contribution is -2.49. The SMILES string of the molecule is O=C1c2ccccc2C2(C3C=CCCC3)SCCCN12. The minimum atomic E-state index is -0.122. The second-order valence-corrected chi connectivity index (χ2v) is 7.19. The van der Waals surface area contributed by atoms with E-state index in [0.717, 1.165) is 24.3 Å². The molecule has 1 amide bonds. The molecular weight excluding hydrogens is 266 g/mol. The number of hydrogen-bond donors (Lipinski definition) is 0. The van der Waals surface area contributed by atoms with E-state index in [2.05, 4.69) is 29.2 Å². The van der Waals surface area contributed by atoms with E-state index in [1.807, 2.05) is 23.9 Å². The summed E-state index contributed by atoms with van der Waals surface area (Å²) in [5, 5.41) is 0. The van der Waals surface area contributed by atoms with Gasteiger partial charge >= 0.3 is 0 Å². The van der Waals surface area contributed by atoms with Crippen LogP contribution >= 0.6 is 11.8 Å². The van der Waals surface area contributed by atoms with Crippen molar-refractivity contribution in [2.24, 2.45) is 5.92 Å². The zero-order chi connectivity index (χ0) is 13.6. The molecule has 3 aliphatic rings. The van der Waals surface area contributed by atoms with E-state index in [4.69, 9.17) is 0 Å². The second kappa shape index (κ2) is 4.66. The van der Waals surface area contributed by atoms with E-state index in [1.54, 1.807) is 0 Å². The summed E-state index contributed by atoms with van der Waals surface area (Å²) < 4.78 is 0. The molecule has 3 heteroatoms. The van der Waals surface area contributed by atoms with E-state index in [9.17, 15) is 4.79 Å². The zero-order valence-corrected chi connectivity index (χ0v) is 12.4. The Morgan fingerprint density at radius 2 is 2.15 bits per heavy atom. The summed E-state index contributed by atoms with van der Waals surface area (Å²) in [4.78, 5) is 14.8. The van der Waals surface area contributed by atoms with Crippen molar-refractivity contribution in [2.45, 2.75) is 30.6 Å². The van der Waals surface area contributed by atoms with Crippen LogP contribution in [0.5, 0.6) is 0 Å². The lowest BCUT2D eigenvalue weighted by Gasteiger charge is -2.47. The van der Waals surface area contributed by atoms with Gasteiger partial charge in [-0.3, -0.25) is 4.79 Å². The third kappa shape index (κ3) is 1.56. The fourth-order valence-electron chi connectivity index (χ4n) is 3.94. The molecule has 2 nitrogen and oxygen atoms in total. The molecule has 1 aliphatic carbocycles. The van der Waals surface area contributed by atoms with Gasteiger partial charge < -0.3 is 4.90 Å². The number of benzene rings is 1. The number of hydrogen-bond acceptors (Lipinski definition) is 2. The van der Waals surface area contributed by atoms with Gasteiger partial charge in [0, 0.05) is 23.6 Å². The number of fused-ring (bicyclic) bond motifs is 3. The second-order valence-electron chi connectivity index (χ2n) is 5.87. The van der Waals surface area contributed by atoms with Gasteiger partial charge in [0.1, 0.15) is 4.87 Å². The molecule has 0 N–H and O–H groups in total. The highest BCUT2D eigenvalue weighted by atomic mass is 32.2. The fraction of sp³-hybridized carbons (Fsp3) is 0.471. The lowest BCUT2D eigenvalue weighted by molar-refractivity contribution is 0.0615. The van der Waals surface area contributed by atoms with Gasteiger partial charge in [0.15, 0.2) is 0 Å². The molecule has 0 spiro atoms. The highest BCUT2D eigenvalue weighted by molar-refractivity contribution is 8.00. The van der Waals surface area contributed by atoms with E-state index >= 15 is 0 Å². The minimum absolute atomic E-state index is 0.122. The predicted octanol–water partition coefficient (Wildman–Crippen LogP) is 3.79. The Kier molecular flexibility index (Phi) is 2.92. The van der Waals surface area contributed by atoms with Crippen LogP contribution in [0.1, 0.15) is 41.6 Å². The topological polar surface area (TPSA) is 20.3 Å². The van der Waals surface area contributed by atoms with Gasteiger partial charge in [0.2, 0.25) is 0 Å². The average Bonchev–Trinajstić information content (AvgIpc) is 2.80. The molecular formula is C17H19NOS. The van der Waals surface area contributed by atoms with Gasteiger partial charge in [0.25, 0.3) is 5.91 Å². The van der Waals surface area contributed by atoms with Gasteiger partial charge in [-0.05, 0) is 37.5 Å². The molecule has 0 aromatic heterocycles. The zero-order valence-electron chi connectivity index (χ0n) is 11.5. The maximum Gasteiger partial charge on any atom is 0.255 e. The van der Waals surface area contributed by atoms with Crippen LogP contribution in [0.3, 0.4) is 0 Å². The van der Waals surface area contributed by atoms with Crippen LogP contribution in [-0.4, -0.2) is 23.1 Å². The number of carbonyl (C=O) groups excluding carboxylic acids is 1. The smallest absolute Gasteiger partial charge is 0.255 e. The molecule has 2 atom stereocenters. The van der Waals surface area contributed by atoms with Crippen molar-refractivity contribution in [2.75, 3.05) is 12.3 Å². The maximum atomic E-state index is 12.8. The van der Waals surface area contributed by atoms with Crippen molar-refractivity contribution in [3.63, 3.8) is 0 Å². The van der Waals surface area contributed by atoms with Crippen molar-refractivity contribution < 1.29 is 4.79 Å². The van der Waals surface area contributed by atoms with Crippen molar-refractivity contribution in [3.8, 4) is 0 Å². The van der Waals surface area contributed by atoms with E-state index in [-0.39, 0.29) is 10.8 Å². The van der Waals surface area contributed by atoms with Crippen LogP contribution in [0.2, 0.25) is 0 Å². The summed E-state index contributed by atoms with van der Waals surface area (Å²) >= 11 is 1.99. The van der Waals surface area contributed by atoms with E-state index in [0.29, 0.717) is 5.92 Å². The van der Waals surface area contributed by atoms with Gasteiger partial charge in [-0.25, -0.2) is 0 Å². The van der Waals surface area contributed by atoms with Crippen LogP contribution in [-0.2, 0) is 4.87 Å². The first-order chi connectivity index (χ1) is 9.84. The van der Waals surface area contributed by atoms with Crippen LogP contribution in [0, 0.1) is 5.92 Å². The first-order valence-corrected chi connectivity index (χ1v) is 8.55. The number of rotatable bonds is 1. The number of amides is 1. The molecule has 2 unspecified atom stereocenters. The minimum Gasteiger partial charge on any atom is -0.319 e. The lowest BCUT2D eigenvalue weighted by atomic mass is 9.84. The molecule has 0 saturated carbocycles. The van der Waals surface area contributed by atoms with Crippen molar-refractivity contribution in [1.82, 2.24) is 4.90 Å². The summed E-state index contributed by atoms with van der Waals surface area (Å²) in [5.41, 5.74) is 2.19. The summed E-state index contributed by atoms with van der Waals surface area (Å²) in [5.74, 6) is 1.86. The molecule has 0 bridgehead atoms. The van der Waals surface area contributed by atoms with Crippen LogP contribution in [0.15, 0.2) is 36.4 Å². The molecule has 4 rings (SSSR count). The molecule has 1 aromatic carbocycles. The van der Waals surface area contributed by atoms with Crippen molar-refractivity contribution in [1.29, 1.82) is 0 Å². The Morgan fingerprint density at radius 1 is 1.25 bits per heavy atom. The highest BCUT2D eigenvalue weighted by Crippen LogP contribution is 2.56. The molecule has 20 heavy (non-hydrogen) atoms. The van der Waals surface area contributed by atoms with Crippen LogP contribution in [0.25, 0.3) is 0 Å². The van der Waals surface area contributed by atoms with Crippen LogP contribution < -0.4 is 0 Å². The Bertz CT molecular complexity index is 582. The summed E-state index contributed by atoms with van der Waals surface area (Å²) in [6, 6.07) is 8.25. The molecule has 1 aromatic rings. The average molecular weight is 285 g/mol.